The molecular formula is C14H15F3N2O2S. The van der Waals surface area contributed by atoms with Crippen LogP contribution in [0.25, 0.3) is 0 Å². The average Bonchev–Trinajstić information content (AvgIpc) is 3.12. The molecule has 0 radical (unpaired) electrons. The van der Waals surface area contributed by atoms with Crippen molar-refractivity contribution in [2.45, 2.75) is 12.6 Å². The number of hydrogen-bond donors (Lipinski definition) is 0. The van der Waals surface area contributed by atoms with Crippen molar-refractivity contribution in [3.05, 3.63) is 22.4 Å². The van der Waals surface area contributed by atoms with Crippen LogP contribution in [0.1, 0.15) is 16.8 Å². The molecule has 3 heterocycles. The van der Waals surface area contributed by atoms with Crippen molar-refractivity contribution < 1.29 is 22.8 Å². The molecule has 2 amide bonds. The first-order valence-corrected chi connectivity index (χ1v) is 7.98. The molecule has 2 atom stereocenters. The standard InChI is InChI=1S/C14H15F3N2O2S/c15-14(16,17)13(21)19-5-9-1-3-18(6-11(9)7-19)12(20)10-2-4-22-8-10/h2,4,8-9,11H,1,3,5-7H2/t9-,11-/m1/s1. The van der Waals surface area contributed by atoms with Gasteiger partial charge in [0.1, 0.15) is 0 Å². The second kappa shape index (κ2) is 5.57. The zero-order chi connectivity index (χ0) is 15.9. The Bertz CT molecular complexity index is 573. The summed E-state index contributed by atoms with van der Waals surface area (Å²) >= 11 is 1.43. The minimum absolute atomic E-state index is 0.0535. The van der Waals surface area contributed by atoms with Gasteiger partial charge in [0.25, 0.3) is 5.91 Å². The smallest absolute Gasteiger partial charge is 0.338 e. The molecule has 2 saturated heterocycles. The van der Waals surface area contributed by atoms with Gasteiger partial charge in [0.2, 0.25) is 0 Å². The molecule has 0 N–H and O–H groups in total. The third-order valence-corrected chi connectivity index (χ3v) is 5.07. The van der Waals surface area contributed by atoms with Gasteiger partial charge in [0.05, 0.1) is 5.56 Å². The van der Waals surface area contributed by atoms with Crippen LogP contribution in [0.5, 0.6) is 0 Å². The van der Waals surface area contributed by atoms with E-state index in [1.54, 1.807) is 16.3 Å². The van der Waals surface area contributed by atoms with E-state index < -0.39 is 12.1 Å². The Morgan fingerprint density at radius 1 is 1.14 bits per heavy atom. The maximum absolute atomic E-state index is 12.5. The summed E-state index contributed by atoms with van der Waals surface area (Å²) in [5.41, 5.74) is 0.615. The van der Waals surface area contributed by atoms with Crippen LogP contribution in [0.15, 0.2) is 16.8 Å². The van der Waals surface area contributed by atoms with Gasteiger partial charge in [-0.3, -0.25) is 9.59 Å². The molecule has 2 aliphatic rings. The summed E-state index contributed by atoms with van der Waals surface area (Å²) in [6.45, 7) is 1.17. The molecule has 0 unspecified atom stereocenters. The van der Waals surface area contributed by atoms with E-state index in [2.05, 4.69) is 0 Å². The van der Waals surface area contributed by atoms with Crippen molar-refractivity contribution in [1.29, 1.82) is 0 Å². The minimum atomic E-state index is -4.82. The third kappa shape index (κ3) is 2.84. The molecule has 1 aromatic rings. The number of carbonyl (C=O) groups is 2. The van der Waals surface area contributed by atoms with Gasteiger partial charge in [-0.05, 0) is 29.7 Å². The van der Waals surface area contributed by atoms with Crippen molar-refractivity contribution in [3.8, 4) is 0 Å². The summed E-state index contributed by atoms with van der Waals surface area (Å²) in [6, 6.07) is 1.74. The van der Waals surface area contributed by atoms with E-state index in [-0.39, 0.29) is 30.8 Å². The van der Waals surface area contributed by atoms with E-state index in [0.29, 0.717) is 25.1 Å². The number of nitrogens with zero attached hydrogens (tertiary/aromatic N) is 2. The molecule has 0 aromatic carbocycles. The molecule has 2 fully saturated rings. The van der Waals surface area contributed by atoms with Gasteiger partial charge in [-0.15, -0.1) is 0 Å². The first-order valence-electron chi connectivity index (χ1n) is 7.04. The zero-order valence-corrected chi connectivity index (χ0v) is 12.5. The second-order valence-corrected chi connectivity index (χ2v) is 6.56. The molecule has 8 heteroatoms. The summed E-state index contributed by atoms with van der Waals surface area (Å²) in [4.78, 5) is 26.2. The van der Waals surface area contributed by atoms with Gasteiger partial charge >= 0.3 is 12.1 Å². The minimum Gasteiger partial charge on any atom is -0.338 e. The predicted molar refractivity (Wildman–Crippen MR) is 74.5 cm³/mol. The molecule has 2 aliphatic heterocycles. The van der Waals surface area contributed by atoms with E-state index in [1.165, 1.54) is 11.3 Å². The Balaban J connectivity index is 1.65. The van der Waals surface area contributed by atoms with Crippen molar-refractivity contribution in [2.24, 2.45) is 11.8 Å². The summed E-state index contributed by atoms with van der Waals surface area (Å²) < 4.78 is 37.5. The highest BCUT2D eigenvalue weighted by molar-refractivity contribution is 7.08. The Kier molecular flexibility index (Phi) is 3.88. The largest absolute Gasteiger partial charge is 0.471 e. The molecule has 120 valence electrons. The quantitative estimate of drug-likeness (QED) is 0.791. The maximum atomic E-state index is 12.5. The fourth-order valence-corrected chi connectivity index (χ4v) is 3.90. The molecule has 0 spiro atoms. The number of hydrogen-bond acceptors (Lipinski definition) is 3. The number of thiophene rings is 1. The van der Waals surface area contributed by atoms with Crippen molar-refractivity contribution in [3.63, 3.8) is 0 Å². The Morgan fingerprint density at radius 3 is 2.45 bits per heavy atom. The summed E-state index contributed by atoms with van der Waals surface area (Å²) in [6.07, 6.45) is -4.18. The normalized spacial score (nSPS) is 25.2. The molecular weight excluding hydrogens is 317 g/mol. The molecule has 4 nitrogen and oxygen atoms in total. The Morgan fingerprint density at radius 2 is 1.82 bits per heavy atom. The zero-order valence-electron chi connectivity index (χ0n) is 11.7. The number of rotatable bonds is 1. The number of alkyl halides is 3. The van der Waals surface area contributed by atoms with Gasteiger partial charge in [0, 0.05) is 31.6 Å². The van der Waals surface area contributed by atoms with Crippen LogP contribution in [0.4, 0.5) is 13.2 Å². The van der Waals surface area contributed by atoms with E-state index in [0.717, 1.165) is 4.90 Å². The lowest BCUT2D eigenvalue weighted by atomic mass is 9.88. The highest BCUT2D eigenvalue weighted by Gasteiger charge is 2.48. The summed E-state index contributed by atoms with van der Waals surface area (Å²) in [5, 5.41) is 3.59. The van der Waals surface area contributed by atoms with Crippen LogP contribution in [-0.4, -0.2) is 54.0 Å². The predicted octanol–water partition coefficient (Wildman–Crippen LogP) is 2.23. The first kappa shape index (κ1) is 15.3. The summed E-state index contributed by atoms with van der Waals surface area (Å²) in [5.74, 6) is -1.86. The number of carbonyl (C=O) groups excluding carboxylic acids is 2. The third-order valence-electron chi connectivity index (χ3n) is 4.39. The van der Waals surface area contributed by atoms with E-state index in [4.69, 9.17) is 0 Å². The van der Waals surface area contributed by atoms with Crippen LogP contribution < -0.4 is 0 Å². The van der Waals surface area contributed by atoms with Crippen molar-refractivity contribution in [1.82, 2.24) is 9.80 Å². The van der Waals surface area contributed by atoms with E-state index in [1.807, 2.05) is 5.38 Å². The molecule has 0 aliphatic carbocycles. The Labute approximate surface area is 129 Å². The first-order chi connectivity index (χ1) is 10.4. The number of piperidine rings is 1. The molecule has 3 rings (SSSR count). The van der Waals surface area contributed by atoms with E-state index in [9.17, 15) is 22.8 Å². The van der Waals surface area contributed by atoms with Crippen LogP contribution in [0.3, 0.4) is 0 Å². The molecule has 22 heavy (non-hydrogen) atoms. The van der Waals surface area contributed by atoms with E-state index >= 15 is 0 Å². The lowest BCUT2D eigenvalue weighted by Crippen LogP contribution is -2.43. The fraction of sp³-hybridized carbons (Fsp3) is 0.571. The van der Waals surface area contributed by atoms with Gasteiger partial charge in [-0.2, -0.15) is 24.5 Å². The lowest BCUT2D eigenvalue weighted by molar-refractivity contribution is -0.184. The summed E-state index contributed by atoms with van der Waals surface area (Å²) in [7, 11) is 0. The van der Waals surface area contributed by atoms with Gasteiger partial charge < -0.3 is 9.80 Å². The van der Waals surface area contributed by atoms with Crippen LogP contribution in [0, 0.1) is 11.8 Å². The monoisotopic (exact) mass is 332 g/mol. The van der Waals surface area contributed by atoms with Gasteiger partial charge in [0.15, 0.2) is 0 Å². The fourth-order valence-electron chi connectivity index (χ4n) is 3.27. The molecule has 0 saturated carbocycles. The molecule has 1 aromatic heterocycles. The average molecular weight is 332 g/mol. The number of halogens is 3. The van der Waals surface area contributed by atoms with Crippen LogP contribution in [0.2, 0.25) is 0 Å². The van der Waals surface area contributed by atoms with Crippen LogP contribution >= 0.6 is 11.3 Å². The van der Waals surface area contributed by atoms with Gasteiger partial charge in [-0.25, -0.2) is 0 Å². The second-order valence-electron chi connectivity index (χ2n) is 5.78. The highest BCUT2D eigenvalue weighted by Crippen LogP contribution is 2.34. The highest BCUT2D eigenvalue weighted by atomic mass is 32.1. The lowest BCUT2D eigenvalue weighted by Gasteiger charge is -2.34. The maximum Gasteiger partial charge on any atom is 0.471 e. The topological polar surface area (TPSA) is 40.6 Å². The van der Waals surface area contributed by atoms with Crippen molar-refractivity contribution >= 4 is 23.2 Å². The number of amides is 2. The van der Waals surface area contributed by atoms with Gasteiger partial charge in [-0.1, -0.05) is 0 Å². The molecule has 0 bridgehead atoms. The number of likely N-dealkylation sites (tertiary alicyclic amines) is 2. The Hall–Kier alpha value is -1.57. The van der Waals surface area contributed by atoms with Crippen molar-refractivity contribution in [2.75, 3.05) is 26.2 Å². The van der Waals surface area contributed by atoms with Crippen LogP contribution in [-0.2, 0) is 4.79 Å². The number of fused-ring (bicyclic) bond motifs is 1. The SMILES string of the molecule is O=C(c1ccsc1)N1CC[C@@H]2CN(C(=O)C(F)(F)F)C[C@H]2C1.